The average Bonchev–Trinajstić information content (AvgIpc) is 2.59. The van der Waals surface area contributed by atoms with Gasteiger partial charge in [-0.15, -0.1) is 0 Å². The molecule has 0 bridgehead atoms. The number of carbonyl (C=O) groups excluding carboxylic acids is 1. The van der Waals surface area contributed by atoms with Gasteiger partial charge in [0, 0.05) is 30.8 Å². The van der Waals surface area contributed by atoms with Crippen LogP contribution in [0.4, 0.5) is 0 Å². The second kappa shape index (κ2) is 10.1. The predicted octanol–water partition coefficient (Wildman–Crippen LogP) is 3.48. The SMILES string of the molecule is CCOCCCn1c(SC(C)C(=O)NC(C)C)nc2cc(Cl)ccc2c1=O. The molecule has 27 heavy (non-hydrogen) atoms. The van der Waals surface area contributed by atoms with Crippen molar-refractivity contribution in [2.24, 2.45) is 0 Å². The molecule has 0 saturated carbocycles. The summed E-state index contributed by atoms with van der Waals surface area (Å²) in [5.41, 5.74) is 0.402. The smallest absolute Gasteiger partial charge is 0.262 e. The summed E-state index contributed by atoms with van der Waals surface area (Å²) in [5, 5.41) is 4.05. The van der Waals surface area contributed by atoms with Gasteiger partial charge in [0.1, 0.15) is 0 Å². The highest BCUT2D eigenvalue weighted by Crippen LogP contribution is 2.24. The second-order valence-electron chi connectivity index (χ2n) is 6.49. The van der Waals surface area contributed by atoms with Crippen molar-refractivity contribution >= 4 is 40.2 Å². The van der Waals surface area contributed by atoms with Gasteiger partial charge in [-0.2, -0.15) is 0 Å². The van der Waals surface area contributed by atoms with E-state index >= 15 is 0 Å². The summed E-state index contributed by atoms with van der Waals surface area (Å²) in [4.78, 5) is 29.9. The van der Waals surface area contributed by atoms with Crippen LogP contribution in [0.2, 0.25) is 5.02 Å². The molecule has 0 aliphatic rings. The van der Waals surface area contributed by atoms with E-state index in [1.165, 1.54) is 11.8 Å². The topological polar surface area (TPSA) is 73.2 Å². The molecule has 148 valence electrons. The van der Waals surface area contributed by atoms with Gasteiger partial charge in [0.15, 0.2) is 5.16 Å². The number of nitrogens with zero attached hydrogens (tertiary/aromatic N) is 2. The fourth-order valence-corrected chi connectivity index (χ4v) is 3.65. The molecule has 1 aromatic carbocycles. The summed E-state index contributed by atoms with van der Waals surface area (Å²) in [5.74, 6) is -0.0868. The molecular formula is C19H26ClN3O3S. The van der Waals surface area contributed by atoms with Crippen molar-refractivity contribution < 1.29 is 9.53 Å². The number of rotatable bonds is 9. The van der Waals surface area contributed by atoms with Crippen LogP contribution in [0.1, 0.15) is 34.1 Å². The lowest BCUT2D eigenvalue weighted by Gasteiger charge is -2.17. The highest BCUT2D eigenvalue weighted by Gasteiger charge is 2.20. The molecule has 2 aromatic rings. The Morgan fingerprint density at radius 1 is 1.37 bits per heavy atom. The fraction of sp³-hybridized carbons (Fsp3) is 0.526. The lowest BCUT2D eigenvalue weighted by molar-refractivity contribution is -0.120. The Morgan fingerprint density at radius 2 is 2.11 bits per heavy atom. The van der Waals surface area contributed by atoms with Crippen LogP contribution in [-0.4, -0.2) is 40.0 Å². The van der Waals surface area contributed by atoms with Crippen LogP contribution >= 0.6 is 23.4 Å². The summed E-state index contributed by atoms with van der Waals surface area (Å²) in [6, 6.07) is 5.10. The van der Waals surface area contributed by atoms with Crippen LogP contribution in [0.15, 0.2) is 28.2 Å². The van der Waals surface area contributed by atoms with Gasteiger partial charge in [0.25, 0.3) is 5.56 Å². The van der Waals surface area contributed by atoms with Crippen molar-refractivity contribution in [1.29, 1.82) is 0 Å². The van der Waals surface area contributed by atoms with E-state index in [9.17, 15) is 9.59 Å². The lowest BCUT2D eigenvalue weighted by atomic mass is 10.2. The zero-order chi connectivity index (χ0) is 20.0. The van der Waals surface area contributed by atoms with Crippen LogP contribution in [0.25, 0.3) is 10.9 Å². The quantitative estimate of drug-likeness (QED) is 0.388. The normalized spacial score (nSPS) is 12.5. The minimum atomic E-state index is -0.380. The van der Waals surface area contributed by atoms with Crippen LogP contribution in [0.5, 0.6) is 0 Å². The number of benzene rings is 1. The number of aromatic nitrogens is 2. The van der Waals surface area contributed by atoms with E-state index in [2.05, 4.69) is 10.3 Å². The Morgan fingerprint density at radius 3 is 2.78 bits per heavy atom. The van der Waals surface area contributed by atoms with Gasteiger partial charge >= 0.3 is 0 Å². The number of carbonyl (C=O) groups is 1. The van der Waals surface area contributed by atoms with Crippen molar-refractivity contribution in [3.05, 3.63) is 33.6 Å². The number of nitrogens with one attached hydrogen (secondary N) is 1. The van der Waals surface area contributed by atoms with Crippen LogP contribution in [0, 0.1) is 0 Å². The Balaban J connectivity index is 2.37. The molecule has 1 N–H and O–H groups in total. The number of thioether (sulfide) groups is 1. The standard InChI is InChI=1S/C19H26ClN3O3S/c1-5-26-10-6-9-23-18(25)15-8-7-14(20)11-16(15)22-19(23)27-13(4)17(24)21-12(2)3/h7-8,11-13H,5-6,9-10H2,1-4H3,(H,21,24). The molecule has 1 amide bonds. The maximum atomic E-state index is 13.0. The molecule has 1 unspecified atom stereocenters. The van der Waals surface area contributed by atoms with Gasteiger partial charge in [-0.3, -0.25) is 14.2 Å². The number of ether oxygens (including phenoxy) is 1. The molecule has 0 spiro atoms. The Kier molecular flexibility index (Phi) is 8.13. The summed E-state index contributed by atoms with van der Waals surface area (Å²) >= 11 is 7.33. The number of fused-ring (bicyclic) bond motifs is 1. The van der Waals surface area contributed by atoms with E-state index in [1.54, 1.807) is 29.7 Å². The van der Waals surface area contributed by atoms with Gasteiger partial charge in [-0.05, 0) is 52.3 Å². The first-order valence-electron chi connectivity index (χ1n) is 9.08. The third-order valence-electron chi connectivity index (χ3n) is 3.84. The molecule has 0 aliphatic heterocycles. The molecule has 0 radical (unpaired) electrons. The Hall–Kier alpha value is -1.57. The third kappa shape index (κ3) is 5.96. The summed E-state index contributed by atoms with van der Waals surface area (Å²) < 4.78 is 7.00. The first kappa shape index (κ1) is 21.7. The Bertz CT molecular complexity index is 854. The van der Waals surface area contributed by atoms with Crippen molar-refractivity contribution in [2.45, 2.75) is 57.1 Å². The van der Waals surface area contributed by atoms with Crippen LogP contribution in [0.3, 0.4) is 0 Å². The number of hydrogen-bond acceptors (Lipinski definition) is 5. The van der Waals surface area contributed by atoms with E-state index in [-0.39, 0.29) is 22.8 Å². The zero-order valence-corrected chi connectivity index (χ0v) is 17.7. The van der Waals surface area contributed by atoms with Crippen molar-refractivity contribution in [3.8, 4) is 0 Å². The maximum absolute atomic E-state index is 13.0. The van der Waals surface area contributed by atoms with E-state index in [0.717, 1.165) is 0 Å². The monoisotopic (exact) mass is 411 g/mol. The highest BCUT2D eigenvalue weighted by atomic mass is 35.5. The van der Waals surface area contributed by atoms with Gasteiger partial charge in [0.2, 0.25) is 5.91 Å². The minimum absolute atomic E-state index is 0.0531. The molecule has 6 nitrogen and oxygen atoms in total. The third-order valence-corrected chi connectivity index (χ3v) is 5.16. The van der Waals surface area contributed by atoms with Crippen molar-refractivity contribution in [1.82, 2.24) is 14.9 Å². The molecule has 2 rings (SSSR count). The molecule has 8 heteroatoms. The number of halogens is 1. The van der Waals surface area contributed by atoms with E-state index < -0.39 is 0 Å². The van der Waals surface area contributed by atoms with E-state index in [4.69, 9.17) is 16.3 Å². The van der Waals surface area contributed by atoms with Gasteiger partial charge in [-0.1, -0.05) is 23.4 Å². The molecule has 0 aliphatic carbocycles. The van der Waals surface area contributed by atoms with Crippen LogP contribution in [-0.2, 0) is 16.1 Å². The largest absolute Gasteiger partial charge is 0.382 e. The molecule has 1 aromatic heterocycles. The first-order valence-corrected chi connectivity index (χ1v) is 10.3. The molecule has 1 heterocycles. The average molecular weight is 412 g/mol. The first-order chi connectivity index (χ1) is 12.8. The Labute approximate surface area is 168 Å². The fourth-order valence-electron chi connectivity index (χ4n) is 2.54. The van der Waals surface area contributed by atoms with Gasteiger partial charge in [0.05, 0.1) is 16.2 Å². The minimum Gasteiger partial charge on any atom is -0.382 e. The summed E-state index contributed by atoms with van der Waals surface area (Å²) in [7, 11) is 0. The highest BCUT2D eigenvalue weighted by molar-refractivity contribution is 8.00. The van der Waals surface area contributed by atoms with Crippen molar-refractivity contribution in [3.63, 3.8) is 0 Å². The van der Waals surface area contributed by atoms with Crippen LogP contribution < -0.4 is 10.9 Å². The summed E-state index contributed by atoms with van der Waals surface area (Å²) in [6.07, 6.45) is 0.689. The predicted molar refractivity (Wildman–Crippen MR) is 111 cm³/mol. The summed E-state index contributed by atoms with van der Waals surface area (Å²) in [6.45, 7) is 9.24. The van der Waals surface area contributed by atoms with E-state index in [1.807, 2.05) is 20.8 Å². The molecule has 1 atom stereocenters. The molecule has 0 saturated heterocycles. The van der Waals surface area contributed by atoms with Crippen molar-refractivity contribution in [2.75, 3.05) is 13.2 Å². The molecule has 0 fully saturated rings. The number of amides is 1. The van der Waals surface area contributed by atoms with Gasteiger partial charge in [-0.25, -0.2) is 4.98 Å². The van der Waals surface area contributed by atoms with Gasteiger partial charge < -0.3 is 10.1 Å². The second-order valence-corrected chi connectivity index (χ2v) is 8.23. The number of hydrogen-bond donors (Lipinski definition) is 1. The lowest BCUT2D eigenvalue weighted by Crippen LogP contribution is -2.36. The molecular weight excluding hydrogens is 386 g/mol. The van der Waals surface area contributed by atoms with E-state index in [0.29, 0.717) is 47.3 Å². The zero-order valence-electron chi connectivity index (χ0n) is 16.1. The maximum Gasteiger partial charge on any atom is 0.262 e.